The van der Waals surface area contributed by atoms with E-state index < -0.39 is 0 Å². The fourth-order valence-corrected chi connectivity index (χ4v) is 4.04. The number of benzene rings is 1. The maximum absolute atomic E-state index is 12.8. The highest BCUT2D eigenvalue weighted by atomic mass is 16.5. The highest BCUT2D eigenvalue weighted by Gasteiger charge is 2.38. The lowest BCUT2D eigenvalue weighted by molar-refractivity contribution is -0.132. The average molecular weight is 302 g/mol. The minimum Gasteiger partial charge on any atom is -0.496 e. The Morgan fingerprint density at radius 3 is 2.64 bits per heavy atom. The molecule has 2 heterocycles. The molecule has 120 valence electrons. The summed E-state index contributed by atoms with van der Waals surface area (Å²) in [4.78, 5) is 17.4. The van der Waals surface area contributed by atoms with Gasteiger partial charge in [-0.2, -0.15) is 0 Å². The maximum atomic E-state index is 12.8. The van der Waals surface area contributed by atoms with Crippen LogP contribution in [0.5, 0.6) is 5.75 Å². The second-order valence-electron chi connectivity index (χ2n) is 6.48. The zero-order valence-electron chi connectivity index (χ0n) is 13.6. The molecule has 4 nitrogen and oxygen atoms in total. The highest BCUT2D eigenvalue weighted by Crippen LogP contribution is 2.30. The van der Waals surface area contributed by atoms with Crippen LogP contribution in [-0.4, -0.2) is 55.0 Å². The SMILES string of the molecule is COc1ccccc1CC(=O)N1CCCC1C1CCCN1C. The maximum Gasteiger partial charge on any atom is 0.227 e. The summed E-state index contributed by atoms with van der Waals surface area (Å²) in [5.74, 6) is 1.05. The molecule has 2 aliphatic heterocycles. The molecule has 2 unspecified atom stereocenters. The van der Waals surface area contributed by atoms with Crippen molar-refractivity contribution in [3.05, 3.63) is 29.8 Å². The van der Waals surface area contributed by atoms with Crippen molar-refractivity contribution in [2.75, 3.05) is 27.2 Å². The molecule has 1 aromatic carbocycles. The van der Waals surface area contributed by atoms with E-state index in [9.17, 15) is 4.79 Å². The second-order valence-corrected chi connectivity index (χ2v) is 6.48. The van der Waals surface area contributed by atoms with Gasteiger partial charge >= 0.3 is 0 Å². The first-order valence-electron chi connectivity index (χ1n) is 8.32. The number of methoxy groups -OCH3 is 1. The van der Waals surface area contributed by atoms with Crippen LogP contribution in [0, 0.1) is 0 Å². The zero-order chi connectivity index (χ0) is 15.5. The number of para-hydroxylation sites is 1. The van der Waals surface area contributed by atoms with E-state index in [2.05, 4.69) is 16.8 Å². The van der Waals surface area contributed by atoms with Crippen LogP contribution in [0.1, 0.15) is 31.2 Å². The Kier molecular flexibility index (Phi) is 4.67. The van der Waals surface area contributed by atoms with E-state index in [1.165, 1.54) is 12.8 Å². The van der Waals surface area contributed by atoms with E-state index in [1.807, 2.05) is 24.3 Å². The van der Waals surface area contributed by atoms with Crippen molar-refractivity contribution in [1.29, 1.82) is 0 Å². The van der Waals surface area contributed by atoms with Gasteiger partial charge in [0, 0.05) is 24.2 Å². The monoisotopic (exact) mass is 302 g/mol. The number of nitrogens with zero attached hydrogens (tertiary/aromatic N) is 2. The summed E-state index contributed by atoms with van der Waals surface area (Å²) in [6, 6.07) is 8.77. The molecule has 0 saturated carbocycles. The van der Waals surface area contributed by atoms with Gasteiger partial charge in [-0.1, -0.05) is 18.2 Å². The fraction of sp³-hybridized carbons (Fsp3) is 0.611. The number of carbonyl (C=O) groups excluding carboxylic acids is 1. The number of likely N-dealkylation sites (tertiary alicyclic amines) is 2. The molecule has 0 aliphatic carbocycles. The predicted octanol–water partition coefficient (Wildman–Crippen LogP) is 2.32. The van der Waals surface area contributed by atoms with Crippen molar-refractivity contribution >= 4 is 5.91 Å². The van der Waals surface area contributed by atoms with Crippen molar-refractivity contribution in [3.63, 3.8) is 0 Å². The molecule has 2 atom stereocenters. The van der Waals surface area contributed by atoms with Crippen LogP contribution >= 0.6 is 0 Å². The molecule has 0 spiro atoms. The molecule has 1 amide bonds. The highest BCUT2D eigenvalue weighted by molar-refractivity contribution is 5.80. The summed E-state index contributed by atoms with van der Waals surface area (Å²) < 4.78 is 5.37. The Bertz CT molecular complexity index is 532. The molecule has 2 aliphatic rings. The number of carbonyl (C=O) groups is 1. The van der Waals surface area contributed by atoms with Gasteiger partial charge in [-0.15, -0.1) is 0 Å². The summed E-state index contributed by atoms with van der Waals surface area (Å²) in [6.45, 7) is 2.07. The van der Waals surface area contributed by atoms with Crippen molar-refractivity contribution < 1.29 is 9.53 Å². The molecule has 0 N–H and O–H groups in total. The van der Waals surface area contributed by atoms with Gasteiger partial charge < -0.3 is 14.5 Å². The third kappa shape index (κ3) is 2.98. The van der Waals surface area contributed by atoms with Gasteiger partial charge in [0.05, 0.1) is 13.5 Å². The molecule has 0 radical (unpaired) electrons. The number of amides is 1. The summed E-state index contributed by atoms with van der Waals surface area (Å²) in [5.41, 5.74) is 0.987. The van der Waals surface area contributed by atoms with E-state index in [-0.39, 0.29) is 5.91 Å². The second kappa shape index (κ2) is 6.69. The van der Waals surface area contributed by atoms with E-state index in [4.69, 9.17) is 4.74 Å². The lowest BCUT2D eigenvalue weighted by Crippen LogP contribution is -2.47. The van der Waals surface area contributed by atoms with Crippen LogP contribution in [0.25, 0.3) is 0 Å². The first-order valence-corrected chi connectivity index (χ1v) is 8.32. The lowest BCUT2D eigenvalue weighted by atomic mass is 10.0. The van der Waals surface area contributed by atoms with Crippen LogP contribution in [0.15, 0.2) is 24.3 Å². The van der Waals surface area contributed by atoms with E-state index >= 15 is 0 Å². The molecule has 0 aromatic heterocycles. The molecule has 2 saturated heterocycles. The zero-order valence-corrected chi connectivity index (χ0v) is 13.6. The largest absolute Gasteiger partial charge is 0.496 e. The molecular weight excluding hydrogens is 276 g/mol. The Balaban J connectivity index is 1.71. The third-order valence-corrected chi connectivity index (χ3v) is 5.17. The number of hydrogen-bond donors (Lipinski definition) is 0. The van der Waals surface area contributed by atoms with E-state index in [1.54, 1.807) is 7.11 Å². The Hall–Kier alpha value is -1.55. The summed E-state index contributed by atoms with van der Waals surface area (Å²) in [6.07, 6.45) is 5.20. The fourth-order valence-electron chi connectivity index (χ4n) is 4.04. The molecule has 1 aromatic rings. The Labute approximate surface area is 133 Å². The van der Waals surface area contributed by atoms with Crippen LogP contribution in [0.2, 0.25) is 0 Å². The first kappa shape index (κ1) is 15.3. The molecule has 0 bridgehead atoms. The van der Waals surface area contributed by atoms with Gasteiger partial charge in [-0.05, 0) is 45.3 Å². The summed E-state index contributed by atoms with van der Waals surface area (Å²) >= 11 is 0. The molecule has 4 heteroatoms. The standard InChI is InChI=1S/C18H26N2O2/c1-19-11-5-8-15(19)16-9-6-12-20(16)18(21)13-14-7-3-4-10-17(14)22-2/h3-4,7,10,15-16H,5-6,8-9,11-13H2,1-2H3. The topological polar surface area (TPSA) is 32.8 Å². The van der Waals surface area contributed by atoms with Crippen LogP contribution < -0.4 is 4.74 Å². The number of hydrogen-bond acceptors (Lipinski definition) is 3. The van der Waals surface area contributed by atoms with Crippen molar-refractivity contribution in [2.24, 2.45) is 0 Å². The van der Waals surface area contributed by atoms with Gasteiger partial charge in [0.1, 0.15) is 5.75 Å². The summed E-state index contributed by atoms with van der Waals surface area (Å²) in [5, 5.41) is 0. The number of ether oxygens (including phenoxy) is 1. The molecule has 22 heavy (non-hydrogen) atoms. The summed E-state index contributed by atoms with van der Waals surface area (Å²) in [7, 11) is 3.86. The van der Waals surface area contributed by atoms with Gasteiger partial charge in [0.2, 0.25) is 5.91 Å². The van der Waals surface area contributed by atoms with Gasteiger partial charge in [0.15, 0.2) is 0 Å². The van der Waals surface area contributed by atoms with Crippen LogP contribution in [0.3, 0.4) is 0 Å². The average Bonchev–Trinajstić information content (AvgIpc) is 3.16. The van der Waals surface area contributed by atoms with Gasteiger partial charge in [-0.25, -0.2) is 0 Å². The Morgan fingerprint density at radius 2 is 1.91 bits per heavy atom. The smallest absolute Gasteiger partial charge is 0.227 e. The minimum absolute atomic E-state index is 0.243. The number of likely N-dealkylation sites (N-methyl/N-ethyl adjacent to an activating group) is 1. The van der Waals surface area contributed by atoms with Gasteiger partial charge in [-0.3, -0.25) is 4.79 Å². The van der Waals surface area contributed by atoms with Crippen molar-refractivity contribution in [3.8, 4) is 5.75 Å². The van der Waals surface area contributed by atoms with E-state index in [0.29, 0.717) is 18.5 Å². The van der Waals surface area contributed by atoms with Crippen LogP contribution in [0.4, 0.5) is 0 Å². The Morgan fingerprint density at radius 1 is 1.18 bits per heavy atom. The normalized spacial score (nSPS) is 25.6. The van der Waals surface area contributed by atoms with Crippen LogP contribution in [-0.2, 0) is 11.2 Å². The predicted molar refractivity (Wildman–Crippen MR) is 87.1 cm³/mol. The molecule has 2 fully saturated rings. The first-order chi connectivity index (χ1) is 10.7. The molecule has 3 rings (SSSR count). The van der Waals surface area contributed by atoms with Crippen molar-refractivity contribution in [1.82, 2.24) is 9.80 Å². The van der Waals surface area contributed by atoms with E-state index in [0.717, 1.165) is 37.2 Å². The quantitative estimate of drug-likeness (QED) is 0.856. The molecular formula is C18H26N2O2. The minimum atomic E-state index is 0.243. The third-order valence-electron chi connectivity index (χ3n) is 5.17. The van der Waals surface area contributed by atoms with Gasteiger partial charge in [0.25, 0.3) is 0 Å². The number of rotatable bonds is 4. The van der Waals surface area contributed by atoms with Crippen molar-refractivity contribution in [2.45, 2.75) is 44.2 Å². The lowest BCUT2D eigenvalue weighted by Gasteiger charge is -2.33.